The Bertz CT molecular complexity index is 1270. The molecule has 7 heteroatoms. The predicted molar refractivity (Wildman–Crippen MR) is 132 cm³/mol. The second-order valence-electron chi connectivity index (χ2n) is 8.16. The minimum Gasteiger partial charge on any atom is -0.497 e. The Morgan fingerprint density at radius 3 is 2.26 bits per heavy atom. The number of carbonyl (C=O) groups is 2. The van der Waals surface area contributed by atoms with Gasteiger partial charge in [0.2, 0.25) is 0 Å². The van der Waals surface area contributed by atoms with Crippen LogP contribution in [0.1, 0.15) is 20.9 Å². The highest BCUT2D eigenvalue weighted by atomic mass is 16.5. The van der Waals surface area contributed by atoms with Crippen molar-refractivity contribution in [3.05, 3.63) is 90.2 Å². The summed E-state index contributed by atoms with van der Waals surface area (Å²) in [4.78, 5) is 29.4. The minimum absolute atomic E-state index is 0.0764. The molecule has 1 aliphatic rings. The Kier molecular flexibility index (Phi) is 5.91. The zero-order valence-corrected chi connectivity index (χ0v) is 18.9. The Balaban J connectivity index is 1.17. The third-order valence-corrected chi connectivity index (χ3v) is 6.05. The van der Waals surface area contributed by atoms with Crippen LogP contribution in [0.15, 0.2) is 83.3 Å². The molecule has 1 fully saturated rings. The molecule has 5 rings (SSSR count). The van der Waals surface area contributed by atoms with Crippen molar-refractivity contribution in [2.75, 3.05) is 43.5 Å². The molecule has 1 aromatic heterocycles. The van der Waals surface area contributed by atoms with E-state index in [9.17, 15) is 9.59 Å². The van der Waals surface area contributed by atoms with Crippen LogP contribution in [0, 0.1) is 0 Å². The number of fused-ring (bicyclic) bond motifs is 1. The second-order valence-corrected chi connectivity index (χ2v) is 8.16. The number of hydrogen-bond acceptors (Lipinski definition) is 5. The second kappa shape index (κ2) is 9.31. The molecule has 2 heterocycles. The van der Waals surface area contributed by atoms with Crippen LogP contribution in [0.2, 0.25) is 0 Å². The Labute approximate surface area is 197 Å². The first-order chi connectivity index (χ1) is 16.6. The van der Waals surface area contributed by atoms with E-state index < -0.39 is 0 Å². The molecule has 0 atom stereocenters. The molecule has 1 N–H and O–H groups in total. The van der Waals surface area contributed by atoms with Gasteiger partial charge in [-0.05, 0) is 60.7 Å². The molecule has 0 radical (unpaired) electrons. The zero-order valence-electron chi connectivity index (χ0n) is 18.9. The number of piperazine rings is 1. The quantitative estimate of drug-likeness (QED) is 0.474. The molecule has 3 aromatic carbocycles. The Morgan fingerprint density at radius 2 is 1.59 bits per heavy atom. The fourth-order valence-electron chi connectivity index (χ4n) is 4.11. The average Bonchev–Trinajstić information content (AvgIpc) is 3.33. The topological polar surface area (TPSA) is 75.0 Å². The van der Waals surface area contributed by atoms with Gasteiger partial charge in [0, 0.05) is 48.5 Å². The number of carbonyl (C=O) groups excluding carboxylic acids is 2. The lowest BCUT2D eigenvalue weighted by atomic mass is 10.2. The number of amides is 2. The van der Waals surface area contributed by atoms with Crippen molar-refractivity contribution >= 4 is 34.2 Å². The number of ether oxygens (including phenoxy) is 1. The normalized spacial score (nSPS) is 13.7. The van der Waals surface area contributed by atoms with Crippen molar-refractivity contribution in [2.24, 2.45) is 0 Å². The van der Waals surface area contributed by atoms with Gasteiger partial charge in [0.05, 0.1) is 7.11 Å². The maximum absolute atomic E-state index is 12.9. The van der Waals surface area contributed by atoms with Crippen molar-refractivity contribution in [3.8, 4) is 5.75 Å². The van der Waals surface area contributed by atoms with Crippen molar-refractivity contribution < 1.29 is 18.7 Å². The van der Waals surface area contributed by atoms with Crippen LogP contribution in [0.4, 0.5) is 11.4 Å². The molecule has 34 heavy (non-hydrogen) atoms. The van der Waals surface area contributed by atoms with Gasteiger partial charge >= 0.3 is 0 Å². The fourth-order valence-corrected chi connectivity index (χ4v) is 4.11. The van der Waals surface area contributed by atoms with Crippen molar-refractivity contribution in [3.63, 3.8) is 0 Å². The molecule has 0 unspecified atom stereocenters. The van der Waals surface area contributed by atoms with Crippen molar-refractivity contribution in [2.45, 2.75) is 0 Å². The van der Waals surface area contributed by atoms with E-state index >= 15 is 0 Å². The molecule has 172 valence electrons. The average molecular weight is 456 g/mol. The third kappa shape index (κ3) is 4.45. The highest BCUT2D eigenvalue weighted by molar-refractivity contribution is 6.04. The number of methoxy groups -OCH3 is 1. The summed E-state index contributed by atoms with van der Waals surface area (Å²) < 4.78 is 10.9. The lowest BCUT2D eigenvalue weighted by Gasteiger charge is -2.35. The van der Waals surface area contributed by atoms with E-state index in [1.807, 2.05) is 59.5 Å². The maximum atomic E-state index is 12.9. The first kappa shape index (κ1) is 21.6. The summed E-state index contributed by atoms with van der Waals surface area (Å²) in [6.07, 6.45) is 0. The van der Waals surface area contributed by atoms with Crippen LogP contribution >= 0.6 is 0 Å². The smallest absolute Gasteiger partial charge is 0.289 e. The summed E-state index contributed by atoms with van der Waals surface area (Å²) in [5.74, 6) is 0.840. The number of furan rings is 1. The number of para-hydroxylation sites is 1. The van der Waals surface area contributed by atoms with Crippen LogP contribution < -0.4 is 15.0 Å². The first-order valence-corrected chi connectivity index (χ1v) is 11.2. The summed E-state index contributed by atoms with van der Waals surface area (Å²) >= 11 is 0. The number of benzene rings is 3. The SMILES string of the molecule is COc1ccc(C(=O)Nc2ccc(N3CCN(C(=O)c4cc5ccccc5o4)CC3)cc2)cc1. The highest BCUT2D eigenvalue weighted by Crippen LogP contribution is 2.23. The van der Waals surface area contributed by atoms with Crippen molar-refractivity contribution in [1.29, 1.82) is 0 Å². The van der Waals surface area contributed by atoms with Gasteiger partial charge in [-0.15, -0.1) is 0 Å². The maximum Gasteiger partial charge on any atom is 0.289 e. The molecule has 2 amide bonds. The van der Waals surface area contributed by atoms with Gasteiger partial charge in [-0.25, -0.2) is 0 Å². The lowest BCUT2D eigenvalue weighted by Crippen LogP contribution is -2.48. The number of nitrogens with one attached hydrogen (secondary N) is 1. The van der Waals surface area contributed by atoms with Crippen molar-refractivity contribution in [1.82, 2.24) is 4.90 Å². The summed E-state index contributed by atoms with van der Waals surface area (Å²) in [6, 6.07) is 24.2. The Morgan fingerprint density at radius 1 is 0.882 bits per heavy atom. The number of hydrogen-bond donors (Lipinski definition) is 1. The van der Waals surface area contributed by atoms with E-state index in [0.717, 1.165) is 35.4 Å². The summed E-state index contributed by atoms with van der Waals surface area (Å²) in [5.41, 5.74) is 3.07. The molecule has 0 bridgehead atoms. The van der Waals surface area contributed by atoms with Gasteiger partial charge in [-0.2, -0.15) is 0 Å². The predicted octanol–water partition coefficient (Wildman–Crippen LogP) is 4.66. The van der Waals surface area contributed by atoms with E-state index in [4.69, 9.17) is 9.15 Å². The van der Waals surface area contributed by atoms with Crippen LogP contribution in [0.25, 0.3) is 11.0 Å². The van der Waals surface area contributed by atoms with E-state index in [1.54, 1.807) is 31.4 Å². The third-order valence-electron chi connectivity index (χ3n) is 6.05. The summed E-state index contributed by atoms with van der Waals surface area (Å²) in [7, 11) is 1.59. The molecule has 7 nitrogen and oxygen atoms in total. The number of nitrogens with zero attached hydrogens (tertiary/aromatic N) is 2. The largest absolute Gasteiger partial charge is 0.497 e. The van der Waals surface area contributed by atoms with Crippen LogP contribution in [-0.2, 0) is 0 Å². The van der Waals surface area contributed by atoms with E-state index in [2.05, 4.69) is 10.2 Å². The summed E-state index contributed by atoms with van der Waals surface area (Å²) in [6.45, 7) is 2.69. The standard InChI is InChI=1S/C27H25N3O4/c1-33-23-12-6-19(7-13-23)26(31)28-21-8-10-22(11-9-21)29-14-16-30(17-15-29)27(32)25-18-20-4-2-3-5-24(20)34-25/h2-13,18H,14-17H2,1H3,(H,28,31). The van der Waals surface area contributed by atoms with Crippen LogP contribution in [0.3, 0.4) is 0 Å². The molecule has 1 aliphatic heterocycles. The molecule has 1 saturated heterocycles. The molecule has 0 saturated carbocycles. The van der Waals surface area contributed by atoms with E-state index in [0.29, 0.717) is 30.2 Å². The highest BCUT2D eigenvalue weighted by Gasteiger charge is 2.24. The fraction of sp³-hybridized carbons (Fsp3) is 0.185. The first-order valence-electron chi connectivity index (χ1n) is 11.2. The zero-order chi connectivity index (χ0) is 23.5. The molecule has 4 aromatic rings. The molecule has 0 spiro atoms. The monoisotopic (exact) mass is 455 g/mol. The lowest BCUT2D eigenvalue weighted by molar-refractivity contribution is 0.0717. The van der Waals surface area contributed by atoms with Gasteiger partial charge in [-0.3, -0.25) is 9.59 Å². The van der Waals surface area contributed by atoms with Gasteiger partial charge in [-0.1, -0.05) is 18.2 Å². The van der Waals surface area contributed by atoms with Gasteiger partial charge in [0.15, 0.2) is 5.76 Å². The molecular weight excluding hydrogens is 430 g/mol. The number of rotatable bonds is 5. The molecular formula is C27H25N3O4. The van der Waals surface area contributed by atoms with Gasteiger partial charge in [0.25, 0.3) is 11.8 Å². The summed E-state index contributed by atoms with van der Waals surface area (Å²) in [5, 5.41) is 3.85. The van der Waals surface area contributed by atoms with Crippen LogP contribution in [0.5, 0.6) is 5.75 Å². The molecule has 0 aliphatic carbocycles. The van der Waals surface area contributed by atoms with Gasteiger partial charge in [0.1, 0.15) is 11.3 Å². The number of anilines is 2. The van der Waals surface area contributed by atoms with Gasteiger partial charge < -0.3 is 24.3 Å². The Hall–Kier alpha value is -4.26. The minimum atomic E-state index is -0.173. The van der Waals surface area contributed by atoms with E-state index in [-0.39, 0.29) is 11.8 Å². The van der Waals surface area contributed by atoms with E-state index in [1.165, 1.54) is 0 Å². The van der Waals surface area contributed by atoms with Crippen LogP contribution in [-0.4, -0.2) is 50.0 Å².